The van der Waals surface area contributed by atoms with Crippen LogP contribution in [-0.2, 0) is 17.6 Å². The van der Waals surface area contributed by atoms with Crippen LogP contribution in [0.25, 0.3) is 10.9 Å². The molecule has 1 aliphatic heterocycles. The van der Waals surface area contributed by atoms with Crippen LogP contribution in [0.4, 0.5) is 0 Å². The molecule has 0 aliphatic carbocycles. The molecule has 126 valence electrons. The van der Waals surface area contributed by atoms with Crippen LogP contribution in [0.5, 0.6) is 0 Å². The minimum atomic E-state index is -0.406. The zero-order valence-electron chi connectivity index (χ0n) is 13.3. The summed E-state index contributed by atoms with van der Waals surface area (Å²) in [4.78, 5) is 15.3. The number of fused-ring (bicyclic) bond motifs is 1. The standard InChI is InChI=1S/C17H23N3O2.ClH/c1-2-11-4-3-5-14-12(9-20-16(11)14)6-7-18-17(22)15-8-13(21)10-19-15;/h3-5,9,13,15,19-21H,2,6-8,10H2,1H3,(H,18,22);1H. The first-order chi connectivity index (χ1) is 10.7. The Bertz CT molecular complexity index is 671. The van der Waals surface area contributed by atoms with Gasteiger partial charge in [-0.3, -0.25) is 4.79 Å². The van der Waals surface area contributed by atoms with Crippen LogP contribution in [-0.4, -0.2) is 41.2 Å². The lowest BCUT2D eigenvalue weighted by molar-refractivity contribution is -0.122. The molecule has 23 heavy (non-hydrogen) atoms. The van der Waals surface area contributed by atoms with E-state index in [9.17, 15) is 9.90 Å². The highest BCUT2D eigenvalue weighted by Gasteiger charge is 2.27. The molecule has 0 bridgehead atoms. The fraction of sp³-hybridized carbons (Fsp3) is 0.471. The number of aliphatic hydroxyl groups is 1. The second kappa shape index (κ2) is 7.81. The third-order valence-electron chi connectivity index (χ3n) is 4.39. The predicted molar refractivity (Wildman–Crippen MR) is 94.1 cm³/mol. The molecule has 1 fully saturated rings. The number of aliphatic hydroxyl groups excluding tert-OH is 1. The number of hydrogen-bond donors (Lipinski definition) is 4. The van der Waals surface area contributed by atoms with Gasteiger partial charge in [-0.25, -0.2) is 0 Å². The van der Waals surface area contributed by atoms with E-state index >= 15 is 0 Å². The van der Waals surface area contributed by atoms with Gasteiger partial charge in [0.2, 0.25) is 5.91 Å². The number of aromatic amines is 1. The molecule has 0 spiro atoms. The van der Waals surface area contributed by atoms with E-state index in [0.29, 0.717) is 19.5 Å². The van der Waals surface area contributed by atoms with E-state index < -0.39 is 6.10 Å². The van der Waals surface area contributed by atoms with Crippen molar-refractivity contribution in [3.05, 3.63) is 35.5 Å². The number of amides is 1. The molecule has 2 unspecified atom stereocenters. The molecule has 1 aromatic heterocycles. The molecule has 4 N–H and O–H groups in total. The third-order valence-corrected chi connectivity index (χ3v) is 4.39. The fourth-order valence-corrected chi connectivity index (χ4v) is 3.14. The number of halogens is 1. The maximum absolute atomic E-state index is 12.0. The van der Waals surface area contributed by atoms with Gasteiger partial charge in [-0.1, -0.05) is 25.1 Å². The quantitative estimate of drug-likeness (QED) is 0.668. The average Bonchev–Trinajstić information content (AvgIpc) is 3.13. The third kappa shape index (κ3) is 3.86. The summed E-state index contributed by atoms with van der Waals surface area (Å²) in [5.41, 5.74) is 3.74. The lowest BCUT2D eigenvalue weighted by Gasteiger charge is -2.10. The molecule has 1 aromatic carbocycles. The van der Waals surface area contributed by atoms with Crippen molar-refractivity contribution in [2.24, 2.45) is 0 Å². The minimum Gasteiger partial charge on any atom is -0.392 e. The number of nitrogens with one attached hydrogen (secondary N) is 3. The van der Waals surface area contributed by atoms with E-state index in [1.165, 1.54) is 22.0 Å². The van der Waals surface area contributed by atoms with Gasteiger partial charge in [0.1, 0.15) is 0 Å². The number of carbonyl (C=O) groups is 1. The van der Waals surface area contributed by atoms with Crippen LogP contribution in [0.15, 0.2) is 24.4 Å². The molecular weight excluding hydrogens is 314 g/mol. The molecule has 0 radical (unpaired) electrons. The van der Waals surface area contributed by atoms with Crippen molar-refractivity contribution in [1.29, 1.82) is 0 Å². The normalized spacial score (nSPS) is 20.4. The molecule has 2 heterocycles. The molecule has 2 aromatic rings. The number of H-pyrrole nitrogens is 1. The van der Waals surface area contributed by atoms with E-state index in [1.54, 1.807) is 0 Å². The Morgan fingerprint density at radius 1 is 1.39 bits per heavy atom. The molecular formula is C17H24ClN3O2. The number of hydrogen-bond acceptors (Lipinski definition) is 3. The Balaban J connectivity index is 0.00000192. The summed E-state index contributed by atoms with van der Waals surface area (Å²) in [5, 5.41) is 16.7. The van der Waals surface area contributed by atoms with Crippen molar-refractivity contribution in [3.8, 4) is 0 Å². The summed E-state index contributed by atoms with van der Waals surface area (Å²) >= 11 is 0. The van der Waals surface area contributed by atoms with Crippen molar-refractivity contribution in [3.63, 3.8) is 0 Å². The number of benzene rings is 1. The first-order valence-electron chi connectivity index (χ1n) is 7.96. The molecule has 3 rings (SSSR count). The van der Waals surface area contributed by atoms with E-state index in [2.05, 4.69) is 40.7 Å². The van der Waals surface area contributed by atoms with E-state index in [-0.39, 0.29) is 24.4 Å². The highest BCUT2D eigenvalue weighted by molar-refractivity contribution is 5.86. The van der Waals surface area contributed by atoms with Crippen molar-refractivity contribution in [1.82, 2.24) is 15.6 Å². The Labute approximate surface area is 142 Å². The largest absolute Gasteiger partial charge is 0.392 e. The minimum absolute atomic E-state index is 0. The van der Waals surface area contributed by atoms with Crippen molar-refractivity contribution < 1.29 is 9.90 Å². The highest BCUT2D eigenvalue weighted by atomic mass is 35.5. The summed E-state index contributed by atoms with van der Waals surface area (Å²) in [5.74, 6) is -0.0226. The Kier molecular flexibility index (Phi) is 6.04. The molecule has 1 amide bonds. The molecule has 1 aliphatic rings. The van der Waals surface area contributed by atoms with Crippen molar-refractivity contribution >= 4 is 29.2 Å². The maximum Gasteiger partial charge on any atom is 0.237 e. The second-order valence-corrected chi connectivity index (χ2v) is 5.90. The maximum atomic E-state index is 12.0. The zero-order valence-corrected chi connectivity index (χ0v) is 14.1. The van der Waals surface area contributed by atoms with Gasteiger partial charge < -0.3 is 20.7 Å². The summed E-state index contributed by atoms with van der Waals surface area (Å²) < 4.78 is 0. The van der Waals surface area contributed by atoms with Gasteiger partial charge in [0.25, 0.3) is 0 Å². The van der Waals surface area contributed by atoms with Crippen LogP contribution in [0, 0.1) is 0 Å². The van der Waals surface area contributed by atoms with Crippen LogP contribution in [0.2, 0.25) is 0 Å². The van der Waals surface area contributed by atoms with Gasteiger partial charge in [0, 0.05) is 30.2 Å². The molecule has 5 nitrogen and oxygen atoms in total. The molecule has 6 heteroatoms. The first-order valence-corrected chi connectivity index (χ1v) is 7.96. The number of β-amino-alcohol motifs (C(OH)–C–C–N with tert-alkyl or cyclic N) is 1. The van der Waals surface area contributed by atoms with Gasteiger partial charge in [-0.05, 0) is 30.4 Å². The molecule has 2 atom stereocenters. The fourth-order valence-electron chi connectivity index (χ4n) is 3.14. The van der Waals surface area contributed by atoms with Crippen molar-refractivity contribution in [2.45, 2.75) is 38.3 Å². The summed E-state index contributed by atoms with van der Waals surface area (Å²) in [6, 6.07) is 6.09. The average molecular weight is 338 g/mol. The second-order valence-electron chi connectivity index (χ2n) is 5.90. The van der Waals surface area contributed by atoms with E-state index in [1.807, 2.05) is 6.20 Å². The topological polar surface area (TPSA) is 77.2 Å². The monoisotopic (exact) mass is 337 g/mol. The Morgan fingerprint density at radius 2 is 2.22 bits per heavy atom. The van der Waals surface area contributed by atoms with Crippen LogP contribution >= 0.6 is 12.4 Å². The number of carbonyl (C=O) groups excluding carboxylic acids is 1. The molecule has 0 saturated carbocycles. The van der Waals surface area contributed by atoms with Gasteiger partial charge >= 0.3 is 0 Å². The zero-order chi connectivity index (χ0) is 15.5. The smallest absolute Gasteiger partial charge is 0.237 e. The number of rotatable bonds is 5. The summed E-state index contributed by atoms with van der Waals surface area (Å²) in [6.45, 7) is 3.26. The lowest BCUT2D eigenvalue weighted by atomic mass is 10.1. The molecule has 1 saturated heterocycles. The number of para-hydroxylation sites is 1. The van der Waals surface area contributed by atoms with Crippen LogP contribution in [0.1, 0.15) is 24.5 Å². The highest BCUT2D eigenvalue weighted by Crippen LogP contribution is 2.22. The lowest BCUT2D eigenvalue weighted by Crippen LogP contribution is -2.41. The Morgan fingerprint density at radius 3 is 2.91 bits per heavy atom. The van der Waals surface area contributed by atoms with Crippen LogP contribution in [0.3, 0.4) is 0 Å². The van der Waals surface area contributed by atoms with Crippen molar-refractivity contribution in [2.75, 3.05) is 13.1 Å². The predicted octanol–water partition coefficient (Wildman–Crippen LogP) is 1.53. The van der Waals surface area contributed by atoms with Crippen LogP contribution < -0.4 is 10.6 Å². The van der Waals surface area contributed by atoms with Gasteiger partial charge in [-0.15, -0.1) is 12.4 Å². The van der Waals surface area contributed by atoms with Gasteiger partial charge in [0.15, 0.2) is 0 Å². The number of aromatic nitrogens is 1. The SMILES string of the molecule is CCc1cccc2c(CCNC(=O)C3CC(O)CN3)c[nH]c12.Cl. The van der Waals surface area contributed by atoms with Gasteiger partial charge in [0.05, 0.1) is 12.1 Å². The van der Waals surface area contributed by atoms with Gasteiger partial charge in [-0.2, -0.15) is 0 Å². The Hall–Kier alpha value is -1.56. The summed E-state index contributed by atoms with van der Waals surface area (Å²) in [6.07, 6.45) is 3.93. The van der Waals surface area contributed by atoms with E-state index in [0.717, 1.165) is 12.8 Å². The van der Waals surface area contributed by atoms with E-state index in [4.69, 9.17) is 0 Å². The summed E-state index contributed by atoms with van der Waals surface area (Å²) in [7, 11) is 0. The first kappa shape index (κ1) is 17.8. The number of aryl methyl sites for hydroxylation is 1.